The highest BCUT2D eigenvalue weighted by Crippen LogP contribution is 2.30. The highest BCUT2D eigenvalue weighted by molar-refractivity contribution is 7.13. The van der Waals surface area contributed by atoms with Gasteiger partial charge in [-0.15, -0.1) is 11.3 Å². The van der Waals surface area contributed by atoms with E-state index in [-0.39, 0.29) is 5.91 Å². The molecule has 0 saturated carbocycles. The van der Waals surface area contributed by atoms with Crippen LogP contribution in [0.4, 0.5) is 5.69 Å². The second-order valence-electron chi connectivity index (χ2n) is 6.07. The first kappa shape index (κ1) is 16.5. The van der Waals surface area contributed by atoms with Crippen molar-refractivity contribution in [1.82, 2.24) is 9.55 Å². The van der Waals surface area contributed by atoms with Gasteiger partial charge in [0.05, 0.1) is 5.69 Å². The molecule has 130 valence electrons. The van der Waals surface area contributed by atoms with Gasteiger partial charge in [0, 0.05) is 35.6 Å². The number of aromatic nitrogens is 2. The minimum Gasteiger partial charge on any atom is -0.342 e. The number of carbonyl (C=O) groups is 1. The van der Waals surface area contributed by atoms with E-state index < -0.39 is 0 Å². The Morgan fingerprint density at radius 1 is 1.12 bits per heavy atom. The predicted octanol–water partition coefficient (Wildman–Crippen LogP) is 4.97. The third-order valence-electron chi connectivity index (χ3n) is 4.52. The number of benzene rings is 2. The van der Waals surface area contributed by atoms with E-state index in [4.69, 9.17) is 0 Å². The minimum absolute atomic E-state index is 0.0695. The molecule has 0 aliphatic heterocycles. The molecule has 0 unspecified atom stereocenters. The Labute approximate surface area is 156 Å². The van der Waals surface area contributed by atoms with Crippen molar-refractivity contribution >= 4 is 33.8 Å². The monoisotopic (exact) mass is 361 g/mol. The van der Waals surface area contributed by atoms with Gasteiger partial charge >= 0.3 is 0 Å². The molecule has 0 radical (unpaired) electrons. The number of rotatable bonds is 4. The molecular formula is C21H19N3OS. The Balaban J connectivity index is 1.69. The first-order valence-electron chi connectivity index (χ1n) is 8.56. The molecule has 0 saturated heterocycles. The third-order valence-corrected chi connectivity index (χ3v) is 5.39. The maximum Gasteiger partial charge on any atom is 0.277 e. The lowest BCUT2D eigenvalue weighted by molar-refractivity contribution is 0.0984. The van der Waals surface area contributed by atoms with Crippen LogP contribution in [0.3, 0.4) is 0 Å². The number of carbonyl (C=O) groups excluding carboxylic acids is 1. The zero-order chi connectivity index (χ0) is 18.1. The summed E-state index contributed by atoms with van der Waals surface area (Å²) >= 11 is 1.50. The number of hydrogen-bond acceptors (Lipinski definition) is 3. The van der Waals surface area contributed by atoms with Crippen LogP contribution in [0.1, 0.15) is 17.4 Å². The number of amides is 1. The van der Waals surface area contributed by atoms with Gasteiger partial charge in [-0.1, -0.05) is 36.4 Å². The largest absolute Gasteiger partial charge is 0.342 e. The zero-order valence-corrected chi connectivity index (χ0v) is 15.5. The van der Waals surface area contributed by atoms with E-state index in [1.165, 1.54) is 16.7 Å². The Morgan fingerprint density at radius 2 is 1.85 bits per heavy atom. The van der Waals surface area contributed by atoms with Crippen molar-refractivity contribution in [3.63, 3.8) is 0 Å². The fourth-order valence-corrected chi connectivity index (χ4v) is 4.02. The van der Waals surface area contributed by atoms with Gasteiger partial charge in [-0.3, -0.25) is 4.79 Å². The summed E-state index contributed by atoms with van der Waals surface area (Å²) in [6.07, 6.45) is 0. The summed E-state index contributed by atoms with van der Waals surface area (Å²) in [6.45, 7) is 2.58. The number of hydrogen-bond donors (Lipinski definition) is 0. The van der Waals surface area contributed by atoms with E-state index in [9.17, 15) is 4.79 Å². The van der Waals surface area contributed by atoms with Gasteiger partial charge < -0.3 is 9.47 Å². The highest BCUT2D eigenvalue weighted by atomic mass is 32.1. The maximum atomic E-state index is 12.9. The van der Waals surface area contributed by atoms with Crippen LogP contribution in [0.25, 0.3) is 21.6 Å². The second kappa shape index (κ2) is 6.77. The van der Waals surface area contributed by atoms with Crippen molar-refractivity contribution < 1.29 is 4.79 Å². The molecule has 1 amide bonds. The number of fused-ring (bicyclic) bond motifs is 1. The number of para-hydroxylation sites is 2. The standard InChI is InChI=1S/C21H19N3OS/c1-3-24(16-10-5-4-6-11-16)21(25)17-14-26-20(22-17)19-13-15-9-7-8-12-18(15)23(19)2/h4-14H,3H2,1-2H3. The van der Waals surface area contributed by atoms with E-state index in [0.29, 0.717) is 12.2 Å². The molecule has 0 bridgehead atoms. The number of thiazole rings is 1. The second-order valence-corrected chi connectivity index (χ2v) is 6.93. The van der Waals surface area contributed by atoms with Crippen LogP contribution in [0.5, 0.6) is 0 Å². The molecule has 2 aromatic carbocycles. The molecule has 2 aromatic heterocycles. The lowest BCUT2D eigenvalue weighted by Gasteiger charge is -2.19. The highest BCUT2D eigenvalue weighted by Gasteiger charge is 2.20. The molecule has 0 spiro atoms. The molecule has 0 N–H and O–H groups in total. The van der Waals surface area contributed by atoms with Crippen LogP contribution in [0.15, 0.2) is 66.0 Å². The first-order valence-corrected chi connectivity index (χ1v) is 9.44. The van der Waals surface area contributed by atoms with Crippen LogP contribution < -0.4 is 4.90 Å². The molecule has 4 rings (SSSR count). The minimum atomic E-state index is -0.0695. The van der Waals surface area contributed by atoms with E-state index in [1.807, 2.05) is 61.8 Å². The topological polar surface area (TPSA) is 38.1 Å². The lowest BCUT2D eigenvalue weighted by Crippen LogP contribution is -2.30. The summed E-state index contributed by atoms with van der Waals surface area (Å²) in [6, 6.07) is 20.1. The van der Waals surface area contributed by atoms with Gasteiger partial charge in [0.1, 0.15) is 10.7 Å². The predicted molar refractivity (Wildman–Crippen MR) is 108 cm³/mol. The molecule has 0 aliphatic rings. The first-order chi connectivity index (χ1) is 12.7. The maximum absolute atomic E-state index is 12.9. The molecular weight excluding hydrogens is 342 g/mol. The van der Waals surface area contributed by atoms with Gasteiger partial charge in [0.25, 0.3) is 5.91 Å². The Kier molecular flexibility index (Phi) is 4.31. The molecule has 26 heavy (non-hydrogen) atoms. The summed E-state index contributed by atoms with van der Waals surface area (Å²) in [5, 5.41) is 3.88. The molecule has 4 aromatic rings. The summed E-state index contributed by atoms with van der Waals surface area (Å²) < 4.78 is 2.12. The summed E-state index contributed by atoms with van der Waals surface area (Å²) in [7, 11) is 2.03. The Bertz CT molecular complexity index is 1070. The smallest absolute Gasteiger partial charge is 0.277 e. The van der Waals surface area contributed by atoms with Crippen molar-refractivity contribution in [2.24, 2.45) is 7.05 Å². The quantitative estimate of drug-likeness (QED) is 0.515. The van der Waals surface area contributed by atoms with Gasteiger partial charge in [-0.2, -0.15) is 0 Å². The normalized spacial score (nSPS) is 11.0. The van der Waals surface area contributed by atoms with E-state index >= 15 is 0 Å². The van der Waals surface area contributed by atoms with Crippen molar-refractivity contribution in [1.29, 1.82) is 0 Å². The summed E-state index contributed by atoms with van der Waals surface area (Å²) in [5.74, 6) is -0.0695. The average molecular weight is 361 g/mol. The van der Waals surface area contributed by atoms with Crippen molar-refractivity contribution in [2.45, 2.75) is 6.92 Å². The van der Waals surface area contributed by atoms with E-state index in [1.54, 1.807) is 4.90 Å². The fourth-order valence-electron chi connectivity index (χ4n) is 3.17. The number of nitrogens with zero attached hydrogens (tertiary/aromatic N) is 3. The van der Waals surface area contributed by atoms with Crippen molar-refractivity contribution in [2.75, 3.05) is 11.4 Å². The van der Waals surface area contributed by atoms with Crippen LogP contribution >= 0.6 is 11.3 Å². The zero-order valence-electron chi connectivity index (χ0n) is 14.7. The average Bonchev–Trinajstić information content (AvgIpc) is 3.29. The van der Waals surface area contributed by atoms with Crippen LogP contribution in [-0.2, 0) is 7.05 Å². The summed E-state index contributed by atoms with van der Waals surface area (Å²) in [5.41, 5.74) is 3.56. The molecule has 0 fully saturated rings. The number of anilines is 1. The van der Waals surface area contributed by atoms with Gasteiger partial charge in [0.2, 0.25) is 0 Å². The van der Waals surface area contributed by atoms with Crippen molar-refractivity contribution in [3.8, 4) is 10.7 Å². The van der Waals surface area contributed by atoms with E-state index in [0.717, 1.165) is 21.9 Å². The lowest BCUT2D eigenvalue weighted by atomic mass is 10.2. The van der Waals surface area contributed by atoms with Gasteiger partial charge in [0.15, 0.2) is 0 Å². The molecule has 4 nitrogen and oxygen atoms in total. The molecule has 0 atom stereocenters. The third kappa shape index (κ3) is 2.80. The number of aryl methyl sites for hydroxylation is 1. The molecule has 2 heterocycles. The molecule has 5 heteroatoms. The fraction of sp³-hybridized carbons (Fsp3) is 0.143. The van der Waals surface area contributed by atoms with Crippen LogP contribution in [-0.4, -0.2) is 22.0 Å². The van der Waals surface area contributed by atoms with E-state index in [2.05, 4.69) is 27.8 Å². The Hall–Kier alpha value is -2.92. The van der Waals surface area contributed by atoms with Crippen LogP contribution in [0, 0.1) is 0 Å². The van der Waals surface area contributed by atoms with Crippen molar-refractivity contribution in [3.05, 3.63) is 71.7 Å². The van der Waals surface area contributed by atoms with Gasteiger partial charge in [-0.05, 0) is 31.2 Å². The Morgan fingerprint density at radius 3 is 2.58 bits per heavy atom. The SMILES string of the molecule is CCN(C(=O)c1csc(-c2cc3ccccc3n2C)n1)c1ccccc1. The van der Waals surface area contributed by atoms with Crippen LogP contribution in [0.2, 0.25) is 0 Å². The van der Waals surface area contributed by atoms with Gasteiger partial charge in [-0.25, -0.2) is 4.98 Å². The summed E-state index contributed by atoms with van der Waals surface area (Å²) in [4.78, 5) is 19.3. The molecule has 0 aliphatic carbocycles.